The molecule has 0 aliphatic rings. The lowest BCUT2D eigenvalue weighted by atomic mass is 10.0. The smallest absolute Gasteiger partial charge is 0.137 e. The van der Waals surface area contributed by atoms with E-state index in [0.717, 1.165) is 10.2 Å². The Morgan fingerprint density at radius 3 is 2.72 bits per heavy atom. The molecule has 0 bridgehead atoms. The average Bonchev–Trinajstić information content (AvgIpc) is 2.73. The van der Waals surface area contributed by atoms with Gasteiger partial charge in [-0.25, -0.2) is 4.39 Å². The van der Waals surface area contributed by atoms with Gasteiger partial charge in [-0.05, 0) is 56.5 Å². The van der Waals surface area contributed by atoms with Crippen LogP contribution in [0.5, 0.6) is 0 Å². The van der Waals surface area contributed by atoms with E-state index in [2.05, 4.69) is 37.0 Å². The highest BCUT2D eigenvalue weighted by atomic mass is 79.9. The van der Waals surface area contributed by atoms with Gasteiger partial charge in [0.25, 0.3) is 0 Å². The van der Waals surface area contributed by atoms with Crippen LogP contribution in [0, 0.1) is 5.82 Å². The minimum absolute atomic E-state index is 0.318. The first-order valence-corrected chi connectivity index (χ1v) is 7.05. The van der Waals surface area contributed by atoms with Crippen LogP contribution in [-0.2, 0) is 6.54 Å². The molecule has 0 radical (unpaired) electrons. The molecule has 6 heteroatoms. The largest absolute Gasteiger partial charge is 0.319 e. The maximum Gasteiger partial charge on any atom is 0.137 e. The second-order valence-corrected chi connectivity index (χ2v) is 5.55. The normalized spacial score (nSPS) is 12.7. The highest BCUT2D eigenvalue weighted by Gasteiger charge is 2.18. The van der Waals surface area contributed by atoms with Crippen LogP contribution in [0.1, 0.15) is 24.2 Å². The van der Waals surface area contributed by atoms with E-state index >= 15 is 0 Å². The number of rotatable bonds is 3. The van der Waals surface area contributed by atoms with Crippen molar-refractivity contribution in [2.24, 2.45) is 5.73 Å². The van der Waals surface area contributed by atoms with Crippen LogP contribution < -0.4 is 5.73 Å². The number of hydrogen-bond acceptors (Lipinski definition) is 2. The van der Waals surface area contributed by atoms with Gasteiger partial charge < -0.3 is 5.73 Å². The number of aryl methyl sites for hydroxylation is 1. The second-order valence-electron chi connectivity index (χ2n) is 3.84. The molecular formula is C12H12Br2FN3. The van der Waals surface area contributed by atoms with E-state index in [-0.39, 0.29) is 5.82 Å². The molecule has 96 valence electrons. The molecule has 0 aliphatic carbocycles. The Bertz CT molecular complexity index is 568. The second kappa shape index (κ2) is 5.50. The fraction of sp³-hybridized carbons (Fsp3) is 0.250. The lowest BCUT2D eigenvalue weighted by molar-refractivity contribution is 0.592. The van der Waals surface area contributed by atoms with Crippen LogP contribution in [0.2, 0.25) is 0 Å². The Labute approximate surface area is 121 Å². The third kappa shape index (κ3) is 2.50. The topological polar surface area (TPSA) is 43.8 Å². The number of halogens is 3. The summed E-state index contributed by atoms with van der Waals surface area (Å²) in [6.45, 7) is 2.70. The van der Waals surface area contributed by atoms with Crippen molar-refractivity contribution in [3.05, 3.63) is 50.4 Å². The average molecular weight is 377 g/mol. The molecule has 1 aromatic carbocycles. The van der Waals surface area contributed by atoms with E-state index in [1.807, 2.05) is 6.92 Å². The van der Waals surface area contributed by atoms with Crippen LogP contribution in [0.4, 0.5) is 4.39 Å². The molecule has 1 aromatic heterocycles. The van der Waals surface area contributed by atoms with Crippen LogP contribution in [-0.4, -0.2) is 9.78 Å². The first-order valence-electron chi connectivity index (χ1n) is 5.46. The van der Waals surface area contributed by atoms with Crippen molar-refractivity contribution in [2.75, 3.05) is 0 Å². The molecule has 0 fully saturated rings. The summed E-state index contributed by atoms with van der Waals surface area (Å²) in [6.07, 6.45) is 1.70. The van der Waals surface area contributed by atoms with E-state index < -0.39 is 6.04 Å². The zero-order valence-corrected chi connectivity index (χ0v) is 12.9. The summed E-state index contributed by atoms with van der Waals surface area (Å²) in [5, 5.41) is 4.21. The zero-order valence-electron chi connectivity index (χ0n) is 9.70. The summed E-state index contributed by atoms with van der Waals surface area (Å²) < 4.78 is 16.6. The maximum atomic E-state index is 13.5. The zero-order chi connectivity index (χ0) is 13.3. The van der Waals surface area contributed by atoms with Gasteiger partial charge in [-0.2, -0.15) is 5.10 Å². The number of nitrogens with zero attached hydrogens (tertiary/aromatic N) is 2. The van der Waals surface area contributed by atoms with Crippen molar-refractivity contribution in [3.8, 4) is 0 Å². The molecule has 1 unspecified atom stereocenters. The first-order chi connectivity index (χ1) is 8.54. The summed E-state index contributed by atoms with van der Waals surface area (Å²) in [4.78, 5) is 0. The van der Waals surface area contributed by atoms with Crippen LogP contribution in [0.3, 0.4) is 0 Å². The van der Waals surface area contributed by atoms with E-state index in [0.29, 0.717) is 16.6 Å². The summed E-state index contributed by atoms with van der Waals surface area (Å²) in [5.74, 6) is -0.318. The molecule has 0 saturated carbocycles. The molecule has 2 N–H and O–H groups in total. The minimum atomic E-state index is -0.413. The van der Waals surface area contributed by atoms with Gasteiger partial charge in [0.15, 0.2) is 0 Å². The lowest BCUT2D eigenvalue weighted by Crippen LogP contribution is -2.17. The van der Waals surface area contributed by atoms with E-state index in [1.54, 1.807) is 23.0 Å². The molecule has 0 saturated heterocycles. The fourth-order valence-electron chi connectivity index (χ4n) is 1.80. The van der Waals surface area contributed by atoms with E-state index in [9.17, 15) is 4.39 Å². The Kier molecular flexibility index (Phi) is 4.19. The Hall–Kier alpha value is -0.720. The van der Waals surface area contributed by atoms with Crippen molar-refractivity contribution < 1.29 is 4.39 Å². The molecular weight excluding hydrogens is 365 g/mol. The fourth-order valence-corrected chi connectivity index (χ4v) is 2.59. The molecule has 0 aliphatic heterocycles. The molecule has 1 atom stereocenters. The number of benzene rings is 1. The van der Waals surface area contributed by atoms with Crippen molar-refractivity contribution >= 4 is 31.9 Å². The van der Waals surface area contributed by atoms with Gasteiger partial charge in [0.2, 0.25) is 0 Å². The molecule has 0 amide bonds. The van der Waals surface area contributed by atoms with Crippen LogP contribution in [0.25, 0.3) is 0 Å². The highest BCUT2D eigenvalue weighted by Crippen LogP contribution is 2.28. The monoisotopic (exact) mass is 375 g/mol. The lowest BCUT2D eigenvalue weighted by Gasteiger charge is -2.15. The summed E-state index contributed by atoms with van der Waals surface area (Å²) >= 11 is 6.55. The Morgan fingerprint density at radius 2 is 2.11 bits per heavy atom. The first kappa shape index (κ1) is 13.7. The third-order valence-corrected chi connectivity index (χ3v) is 3.98. The molecule has 3 nitrogen and oxygen atoms in total. The molecule has 2 aromatic rings. The van der Waals surface area contributed by atoms with E-state index in [1.165, 1.54) is 6.07 Å². The quantitative estimate of drug-likeness (QED) is 0.889. The third-order valence-electron chi connectivity index (χ3n) is 2.73. The van der Waals surface area contributed by atoms with Gasteiger partial charge in [-0.3, -0.25) is 4.68 Å². The summed E-state index contributed by atoms with van der Waals surface area (Å²) in [7, 11) is 0. The van der Waals surface area contributed by atoms with Gasteiger partial charge >= 0.3 is 0 Å². The standard InChI is InChI=1S/C12H12Br2FN3/c1-2-18-12(9(14)6-17-18)11(16)7-3-4-8(13)10(15)5-7/h3-6,11H,2,16H2,1H3. The molecule has 2 rings (SSSR count). The Balaban J connectivity index is 2.44. The van der Waals surface area contributed by atoms with Crippen molar-refractivity contribution in [1.82, 2.24) is 9.78 Å². The maximum absolute atomic E-state index is 13.5. The van der Waals surface area contributed by atoms with Crippen molar-refractivity contribution in [1.29, 1.82) is 0 Å². The molecule has 1 heterocycles. The molecule has 18 heavy (non-hydrogen) atoms. The van der Waals surface area contributed by atoms with Crippen LogP contribution in [0.15, 0.2) is 33.3 Å². The number of hydrogen-bond donors (Lipinski definition) is 1. The van der Waals surface area contributed by atoms with Gasteiger partial charge in [-0.15, -0.1) is 0 Å². The summed E-state index contributed by atoms with van der Waals surface area (Å²) in [6, 6.07) is 4.49. The number of aromatic nitrogens is 2. The minimum Gasteiger partial charge on any atom is -0.319 e. The van der Waals surface area contributed by atoms with Gasteiger partial charge in [0.05, 0.1) is 26.9 Å². The molecule has 0 spiro atoms. The van der Waals surface area contributed by atoms with E-state index in [4.69, 9.17) is 5.73 Å². The highest BCUT2D eigenvalue weighted by molar-refractivity contribution is 9.10. The van der Waals surface area contributed by atoms with Crippen molar-refractivity contribution in [3.63, 3.8) is 0 Å². The Morgan fingerprint density at radius 1 is 1.39 bits per heavy atom. The van der Waals surface area contributed by atoms with Crippen molar-refractivity contribution in [2.45, 2.75) is 19.5 Å². The summed E-state index contributed by atoms with van der Waals surface area (Å²) in [5.41, 5.74) is 7.75. The predicted octanol–water partition coefficient (Wildman–Crippen LogP) is 3.62. The van der Waals surface area contributed by atoms with Gasteiger partial charge in [-0.1, -0.05) is 6.07 Å². The van der Waals surface area contributed by atoms with Gasteiger partial charge in [0.1, 0.15) is 5.82 Å². The predicted molar refractivity (Wildman–Crippen MR) is 75.7 cm³/mol. The SMILES string of the molecule is CCn1ncc(Br)c1C(N)c1ccc(Br)c(F)c1. The van der Waals surface area contributed by atoms with Crippen LogP contribution >= 0.6 is 31.9 Å². The van der Waals surface area contributed by atoms with Gasteiger partial charge in [0, 0.05) is 6.54 Å². The number of nitrogens with two attached hydrogens (primary N) is 1.